The maximum absolute atomic E-state index is 11.4. The van der Waals surface area contributed by atoms with Crippen LogP contribution in [0.3, 0.4) is 0 Å². The SMILES string of the molecule is CCCCOC(=O)N[C@H](C)CCCN(CC)CC. The number of ether oxygens (including phenoxy) is 1. The number of hydrogen-bond donors (Lipinski definition) is 1. The van der Waals surface area contributed by atoms with E-state index >= 15 is 0 Å². The van der Waals surface area contributed by atoms with Gasteiger partial charge in [-0.2, -0.15) is 0 Å². The summed E-state index contributed by atoms with van der Waals surface area (Å²) in [5.74, 6) is 0. The van der Waals surface area contributed by atoms with Crippen molar-refractivity contribution in [3.05, 3.63) is 0 Å². The number of unbranched alkanes of at least 4 members (excludes halogenated alkanes) is 1. The molecule has 0 spiro atoms. The summed E-state index contributed by atoms with van der Waals surface area (Å²) in [6.07, 6.45) is 3.81. The second-order valence-corrected chi connectivity index (χ2v) is 4.70. The van der Waals surface area contributed by atoms with Gasteiger partial charge >= 0.3 is 6.09 Å². The van der Waals surface area contributed by atoms with Crippen LogP contribution in [0, 0.1) is 0 Å². The van der Waals surface area contributed by atoms with Gasteiger partial charge in [-0.3, -0.25) is 0 Å². The van der Waals surface area contributed by atoms with Gasteiger partial charge in [-0.05, 0) is 45.8 Å². The molecule has 1 N–H and O–H groups in total. The molecule has 0 aromatic carbocycles. The highest BCUT2D eigenvalue weighted by Crippen LogP contribution is 2.00. The largest absolute Gasteiger partial charge is 0.450 e. The molecule has 0 aliphatic rings. The van der Waals surface area contributed by atoms with Crippen LogP contribution in [0.4, 0.5) is 4.79 Å². The Morgan fingerprint density at radius 2 is 1.89 bits per heavy atom. The first-order chi connectivity index (χ1) is 8.63. The van der Waals surface area contributed by atoms with E-state index in [-0.39, 0.29) is 12.1 Å². The van der Waals surface area contributed by atoms with Crippen LogP contribution >= 0.6 is 0 Å². The van der Waals surface area contributed by atoms with Gasteiger partial charge in [0.2, 0.25) is 0 Å². The quantitative estimate of drug-likeness (QED) is 0.612. The number of hydrogen-bond acceptors (Lipinski definition) is 3. The molecular formula is C14H30N2O2. The summed E-state index contributed by atoms with van der Waals surface area (Å²) in [5, 5.41) is 2.87. The van der Waals surface area contributed by atoms with E-state index < -0.39 is 0 Å². The summed E-state index contributed by atoms with van der Waals surface area (Å²) in [5.41, 5.74) is 0. The van der Waals surface area contributed by atoms with Crippen molar-refractivity contribution in [2.75, 3.05) is 26.2 Å². The first kappa shape index (κ1) is 17.2. The number of rotatable bonds is 10. The lowest BCUT2D eigenvalue weighted by atomic mass is 10.2. The molecule has 0 aliphatic carbocycles. The zero-order chi connectivity index (χ0) is 13.8. The van der Waals surface area contributed by atoms with Crippen molar-refractivity contribution < 1.29 is 9.53 Å². The molecule has 0 unspecified atom stereocenters. The average molecular weight is 258 g/mol. The van der Waals surface area contributed by atoms with Crippen molar-refractivity contribution in [3.63, 3.8) is 0 Å². The molecule has 108 valence electrons. The average Bonchev–Trinajstić information content (AvgIpc) is 2.35. The smallest absolute Gasteiger partial charge is 0.407 e. The molecule has 18 heavy (non-hydrogen) atoms. The van der Waals surface area contributed by atoms with Crippen LogP contribution in [-0.4, -0.2) is 43.3 Å². The summed E-state index contributed by atoms with van der Waals surface area (Å²) in [4.78, 5) is 13.8. The maximum atomic E-state index is 11.4. The summed E-state index contributed by atoms with van der Waals surface area (Å²) >= 11 is 0. The topological polar surface area (TPSA) is 41.6 Å². The summed E-state index contributed by atoms with van der Waals surface area (Å²) in [7, 11) is 0. The van der Waals surface area contributed by atoms with Crippen LogP contribution in [0.1, 0.15) is 53.4 Å². The Balaban J connectivity index is 3.57. The minimum atomic E-state index is -0.279. The molecule has 0 heterocycles. The fraction of sp³-hybridized carbons (Fsp3) is 0.929. The van der Waals surface area contributed by atoms with Gasteiger partial charge in [0, 0.05) is 6.04 Å². The van der Waals surface area contributed by atoms with Crippen molar-refractivity contribution >= 4 is 6.09 Å². The molecule has 4 nitrogen and oxygen atoms in total. The number of carbonyl (C=O) groups excluding carboxylic acids is 1. The Bertz CT molecular complexity index is 206. The highest BCUT2D eigenvalue weighted by Gasteiger charge is 2.08. The second-order valence-electron chi connectivity index (χ2n) is 4.70. The number of alkyl carbamates (subject to hydrolysis) is 1. The molecule has 1 atom stereocenters. The van der Waals surface area contributed by atoms with E-state index in [0.717, 1.165) is 45.3 Å². The molecule has 1 amide bonds. The van der Waals surface area contributed by atoms with E-state index in [1.54, 1.807) is 0 Å². The number of carbonyl (C=O) groups is 1. The van der Waals surface area contributed by atoms with Crippen molar-refractivity contribution in [2.45, 2.75) is 59.4 Å². The normalized spacial score (nSPS) is 12.5. The van der Waals surface area contributed by atoms with Crippen LogP contribution in [0.2, 0.25) is 0 Å². The Kier molecular flexibility index (Phi) is 10.8. The van der Waals surface area contributed by atoms with Crippen LogP contribution in [0.15, 0.2) is 0 Å². The maximum Gasteiger partial charge on any atom is 0.407 e. The molecule has 0 bridgehead atoms. The third kappa shape index (κ3) is 9.28. The molecule has 0 aromatic heterocycles. The van der Waals surface area contributed by atoms with Crippen molar-refractivity contribution in [1.82, 2.24) is 10.2 Å². The van der Waals surface area contributed by atoms with Gasteiger partial charge in [-0.1, -0.05) is 27.2 Å². The molecule has 0 saturated heterocycles. The van der Waals surface area contributed by atoms with Crippen LogP contribution < -0.4 is 5.32 Å². The van der Waals surface area contributed by atoms with E-state index in [1.165, 1.54) is 0 Å². The first-order valence-corrected chi connectivity index (χ1v) is 7.29. The Hall–Kier alpha value is -0.770. The minimum Gasteiger partial charge on any atom is -0.450 e. The predicted molar refractivity (Wildman–Crippen MR) is 75.9 cm³/mol. The standard InChI is InChI=1S/C14H30N2O2/c1-5-8-12-18-14(17)15-13(4)10-9-11-16(6-2)7-3/h13H,5-12H2,1-4H3,(H,15,17)/t13-/m1/s1. The van der Waals surface area contributed by atoms with Crippen molar-refractivity contribution in [1.29, 1.82) is 0 Å². The van der Waals surface area contributed by atoms with Gasteiger partial charge in [0.1, 0.15) is 0 Å². The lowest BCUT2D eigenvalue weighted by Crippen LogP contribution is -2.34. The van der Waals surface area contributed by atoms with Gasteiger partial charge < -0.3 is 15.0 Å². The minimum absolute atomic E-state index is 0.190. The fourth-order valence-corrected chi connectivity index (χ4v) is 1.79. The lowest BCUT2D eigenvalue weighted by molar-refractivity contribution is 0.140. The number of nitrogens with zero attached hydrogens (tertiary/aromatic N) is 1. The van der Waals surface area contributed by atoms with Gasteiger partial charge in [0.25, 0.3) is 0 Å². The molecule has 0 aromatic rings. The van der Waals surface area contributed by atoms with E-state index in [4.69, 9.17) is 4.74 Å². The zero-order valence-electron chi connectivity index (χ0n) is 12.5. The number of nitrogens with one attached hydrogen (secondary N) is 1. The molecule has 0 aliphatic heterocycles. The van der Waals surface area contributed by atoms with Crippen LogP contribution in [0.25, 0.3) is 0 Å². The van der Waals surface area contributed by atoms with E-state index in [2.05, 4.69) is 31.0 Å². The molecular weight excluding hydrogens is 228 g/mol. The van der Waals surface area contributed by atoms with Gasteiger partial charge in [0.15, 0.2) is 0 Å². The van der Waals surface area contributed by atoms with E-state index in [1.807, 2.05) is 6.92 Å². The van der Waals surface area contributed by atoms with E-state index in [9.17, 15) is 4.79 Å². The lowest BCUT2D eigenvalue weighted by Gasteiger charge is -2.19. The Labute approximate surface area is 112 Å². The summed E-state index contributed by atoms with van der Waals surface area (Å²) in [6.45, 7) is 12.3. The van der Waals surface area contributed by atoms with Gasteiger partial charge in [-0.25, -0.2) is 4.79 Å². The summed E-state index contributed by atoms with van der Waals surface area (Å²) in [6, 6.07) is 0.190. The second kappa shape index (κ2) is 11.3. The Morgan fingerprint density at radius 3 is 2.44 bits per heavy atom. The molecule has 0 fully saturated rings. The monoisotopic (exact) mass is 258 g/mol. The fourth-order valence-electron chi connectivity index (χ4n) is 1.79. The van der Waals surface area contributed by atoms with Crippen LogP contribution in [0.5, 0.6) is 0 Å². The van der Waals surface area contributed by atoms with Crippen LogP contribution in [-0.2, 0) is 4.74 Å². The molecule has 0 radical (unpaired) electrons. The zero-order valence-corrected chi connectivity index (χ0v) is 12.5. The van der Waals surface area contributed by atoms with E-state index in [0.29, 0.717) is 6.61 Å². The molecule has 0 saturated carbocycles. The first-order valence-electron chi connectivity index (χ1n) is 7.29. The summed E-state index contributed by atoms with van der Waals surface area (Å²) < 4.78 is 5.06. The van der Waals surface area contributed by atoms with Gasteiger partial charge in [-0.15, -0.1) is 0 Å². The third-order valence-corrected chi connectivity index (χ3v) is 3.10. The highest BCUT2D eigenvalue weighted by molar-refractivity contribution is 5.67. The molecule has 4 heteroatoms. The number of amides is 1. The van der Waals surface area contributed by atoms with Gasteiger partial charge in [0.05, 0.1) is 6.61 Å². The van der Waals surface area contributed by atoms with Crippen molar-refractivity contribution in [2.24, 2.45) is 0 Å². The highest BCUT2D eigenvalue weighted by atomic mass is 16.5. The molecule has 0 rings (SSSR count). The third-order valence-electron chi connectivity index (χ3n) is 3.10. The predicted octanol–water partition coefficient (Wildman–Crippen LogP) is 3.02. The van der Waals surface area contributed by atoms with Crippen molar-refractivity contribution in [3.8, 4) is 0 Å². The Morgan fingerprint density at radius 1 is 1.22 bits per heavy atom.